The second-order valence-corrected chi connectivity index (χ2v) is 13.4. The molecule has 10 nitrogen and oxygen atoms in total. The Labute approximate surface area is 268 Å². The Morgan fingerprint density at radius 1 is 1.02 bits per heavy atom. The van der Waals surface area contributed by atoms with Gasteiger partial charge < -0.3 is 24.4 Å². The third kappa shape index (κ3) is 8.15. The fourth-order valence-corrected chi connectivity index (χ4v) is 6.07. The highest BCUT2D eigenvalue weighted by atomic mass is 35.5. The van der Waals surface area contributed by atoms with Gasteiger partial charge in [0.05, 0.1) is 25.7 Å². The van der Waals surface area contributed by atoms with Crippen LogP contribution in [0.25, 0.3) is 0 Å². The fraction of sp³-hybridized carbons (Fsp3) is 0.355. The van der Waals surface area contributed by atoms with Crippen molar-refractivity contribution in [1.82, 2.24) is 4.72 Å². The Balaban J connectivity index is 1.40. The Kier molecular flexibility index (Phi) is 9.32. The Bertz CT molecular complexity index is 1730. The van der Waals surface area contributed by atoms with Gasteiger partial charge in [0.2, 0.25) is 15.9 Å². The first-order chi connectivity index (χ1) is 21.6. The minimum absolute atomic E-state index is 0.0796. The van der Waals surface area contributed by atoms with Gasteiger partial charge in [0.1, 0.15) is 23.3 Å². The largest absolute Gasteiger partial charge is 0.573 e. The number of sulfonamides is 1. The van der Waals surface area contributed by atoms with Gasteiger partial charge in [-0.2, -0.15) is 0 Å². The second kappa shape index (κ2) is 12.9. The van der Waals surface area contributed by atoms with Gasteiger partial charge in [-0.3, -0.25) is 14.3 Å². The van der Waals surface area contributed by atoms with E-state index in [4.69, 9.17) is 21.1 Å². The molecule has 1 spiro atoms. The normalized spacial score (nSPS) is 15.6. The molecule has 5 rings (SSSR count). The lowest BCUT2D eigenvalue weighted by atomic mass is 9.99. The highest BCUT2D eigenvalue weighted by molar-refractivity contribution is 7.89. The molecule has 0 radical (unpaired) electrons. The predicted molar refractivity (Wildman–Crippen MR) is 165 cm³/mol. The Morgan fingerprint density at radius 3 is 2.35 bits per heavy atom. The van der Waals surface area contributed by atoms with E-state index < -0.39 is 40.0 Å². The Morgan fingerprint density at radius 2 is 1.72 bits per heavy atom. The number of nitrogens with zero attached hydrogens (tertiary/aromatic N) is 1. The third-order valence-electron chi connectivity index (χ3n) is 7.64. The molecule has 15 heteroatoms. The molecule has 1 atom stereocenters. The van der Waals surface area contributed by atoms with Crippen molar-refractivity contribution in [2.24, 2.45) is 0 Å². The highest BCUT2D eigenvalue weighted by Gasteiger charge is 2.54. The first-order valence-electron chi connectivity index (χ1n) is 14.2. The molecular weight excluding hydrogens is 651 g/mol. The van der Waals surface area contributed by atoms with Crippen molar-refractivity contribution in [2.45, 2.75) is 43.5 Å². The van der Waals surface area contributed by atoms with Crippen LogP contribution in [0.15, 0.2) is 60.7 Å². The summed E-state index contributed by atoms with van der Waals surface area (Å²) in [6.07, 6.45) is -2.25. The number of ether oxygens (including phenoxy) is 3. The molecule has 46 heavy (non-hydrogen) atoms. The number of fused-ring (bicyclic) bond motifs is 2. The van der Waals surface area contributed by atoms with Crippen molar-refractivity contribution in [1.29, 1.82) is 0 Å². The average molecular weight is 682 g/mol. The number of nitrogens with one attached hydrogen (secondary N) is 2. The van der Waals surface area contributed by atoms with E-state index in [1.165, 1.54) is 24.1 Å². The number of hydrogen-bond donors (Lipinski definition) is 2. The first kappa shape index (κ1) is 33.2. The smallest absolute Gasteiger partial charge is 0.497 e. The summed E-state index contributed by atoms with van der Waals surface area (Å²) in [5.74, 6) is -0.726. The summed E-state index contributed by atoms with van der Waals surface area (Å²) in [6, 6.07) is 14.6. The van der Waals surface area contributed by atoms with E-state index in [1.54, 1.807) is 48.5 Å². The maximum absolute atomic E-state index is 14.3. The van der Waals surface area contributed by atoms with E-state index in [-0.39, 0.29) is 24.9 Å². The van der Waals surface area contributed by atoms with Gasteiger partial charge in [0.25, 0.3) is 5.91 Å². The average Bonchev–Trinajstić information content (AvgIpc) is 3.68. The van der Waals surface area contributed by atoms with Crippen LogP contribution in [-0.4, -0.2) is 53.1 Å². The van der Waals surface area contributed by atoms with Crippen molar-refractivity contribution in [2.75, 3.05) is 36.7 Å². The number of carbonyl (C=O) groups excluding carboxylic acids is 2. The van der Waals surface area contributed by atoms with E-state index in [0.29, 0.717) is 40.0 Å². The molecule has 2 N–H and O–H groups in total. The number of carbonyl (C=O) groups is 2. The number of halogens is 4. The molecule has 2 amide bonds. The second-order valence-electron chi connectivity index (χ2n) is 11.2. The van der Waals surface area contributed by atoms with E-state index in [1.807, 2.05) is 4.72 Å². The molecule has 2 aliphatic rings. The fourth-order valence-electron chi connectivity index (χ4n) is 5.43. The van der Waals surface area contributed by atoms with Crippen LogP contribution in [0.1, 0.15) is 42.9 Å². The van der Waals surface area contributed by atoms with Gasteiger partial charge in [-0.1, -0.05) is 29.8 Å². The first-order valence-corrected chi connectivity index (χ1v) is 16.5. The number of benzene rings is 3. The molecule has 0 bridgehead atoms. The van der Waals surface area contributed by atoms with E-state index >= 15 is 0 Å². The van der Waals surface area contributed by atoms with Crippen LogP contribution in [0.2, 0.25) is 5.02 Å². The summed E-state index contributed by atoms with van der Waals surface area (Å²) >= 11 is 6.13. The van der Waals surface area contributed by atoms with Gasteiger partial charge in [0, 0.05) is 53.4 Å². The summed E-state index contributed by atoms with van der Waals surface area (Å²) in [6.45, 7) is 0.389. The van der Waals surface area contributed by atoms with Crippen molar-refractivity contribution in [3.8, 4) is 17.2 Å². The molecule has 3 aromatic carbocycles. The zero-order chi connectivity index (χ0) is 33.3. The zero-order valence-electron chi connectivity index (χ0n) is 24.8. The number of anilines is 2. The number of rotatable bonds is 12. The lowest BCUT2D eigenvalue weighted by Gasteiger charge is -2.27. The van der Waals surface area contributed by atoms with Crippen molar-refractivity contribution < 1.29 is 45.4 Å². The molecule has 1 fully saturated rings. The molecule has 1 heterocycles. The standard InChI is InChI=1S/C31H31ClF3N3O7S/c1-43-23-14-21(15-24(16-23)44-13-3-4-27(39)37-46(2,41)42)36-28(19-5-7-20(32)8-6-19)29(40)38-18-30(11-12-30)25-10-9-22(17-26(25)38)45-31(33,34)35/h5-10,14-17,28,36H,3-4,11-13,18H2,1-2H3,(H,37,39). The molecule has 1 aliphatic carbocycles. The third-order valence-corrected chi connectivity index (χ3v) is 8.49. The number of alkyl halides is 3. The number of hydrogen-bond acceptors (Lipinski definition) is 8. The zero-order valence-corrected chi connectivity index (χ0v) is 26.4. The van der Waals surface area contributed by atoms with E-state index in [0.717, 1.165) is 24.7 Å². The monoisotopic (exact) mass is 681 g/mol. The predicted octanol–water partition coefficient (Wildman–Crippen LogP) is 5.71. The topological polar surface area (TPSA) is 123 Å². The number of methoxy groups -OCH3 is 1. The van der Waals surface area contributed by atoms with E-state index in [9.17, 15) is 31.2 Å². The van der Waals surface area contributed by atoms with Crippen molar-refractivity contribution >= 4 is 44.8 Å². The molecule has 0 saturated heterocycles. The van der Waals surface area contributed by atoms with Crippen LogP contribution < -0.4 is 29.1 Å². The van der Waals surface area contributed by atoms with Gasteiger partial charge in [-0.15, -0.1) is 13.2 Å². The summed E-state index contributed by atoms with van der Waals surface area (Å²) in [4.78, 5) is 27.6. The summed E-state index contributed by atoms with van der Waals surface area (Å²) < 4.78 is 78.9. The molecule has 3 aromatic rings. The van der Waals surface area contributed by atoms with Crippen LogP contribution in [-0.2, 0) is 25.0 Å². The molecule has 1 unspecified atom stereocenters. The van der Waals surface area contributed by atoms with Crippen LogP contribution in [0.4, 0.5) is 24.5 Å². The lowest BCUT2D eigenvalue weighted by Crippen LogP contribution is -2.38. The maximum Gasteiger partial charge on any atom is 0.573 e. The van der Waals surface area contributed by atoms with Gasteiger partial charge in [-0.05, 0) is 48.6 Å². The quantitative estimate of drug-likeness (QED) is 0.233. The van der Waals surface area contributed by atoms with Gasteiger partial charge in [0.15, 0.2) is 0 Å². The SMILES string of the molecule is COc1cc(NC(C(=O)N2CC3(CC3)c3ccc(OC(F)(F)F)cc32)c2ccc(Cl)cc2)cc(OCCCC(=O)NS(C)(=O)=O)c1. The van der Waals surface area contributed by atoms with Crippen LogP contribution >= 0.6 is 11.6 Å². The van der Waals surface area contributed by atoms with Crippen LogP contribution in [0.3, 0.4) is 0 Å². The minimum atomic E-state index is -4.89. The van der Waals surface area contributed by atoms with E-state index in [2.05, 4.69) is 10.1 Å². The van der Waals surface area contributed by atoms with Crippen molar-refractivity contribution in [3.05, 3.63) is 76.8 Å². The van der Waals surface area contributed by atoms with Gasteiger partial charge in [-0.25, -0.2) is 8.42 Å². The minimum Gasteiger partial charge on any atom is -0.497 e. The molecule has 246 valence electrons. The summed E-state index contributed by atoms with van der Waals surface area (Å²) in [5.41, 5.74) is 1.83. The summed E-state index contributed by atoms with van der Waals surface area (Å²) in [7, 11) is -2.21. The highest BCUT2D eigenvalue weighted by Crippen LogP contribution is 2.57. The number of amides is 2. The summed E-state index contributed by atoms with van der Waals surface area (Å²) in [5, 5.41) is 3.69. The Hall–Kier alpha value is -4.17. The molecule has 0 aromatic heterocycles. The molecule has 1 aliphatic heterocycles. The maximum atomic E-state index is 14.3. The molecule has 1 saturated carbocycles. The lowest BCUT2D eigenvalue weighted by molar-refractivity contribution is -0.274. The molecular formula is C31H31ClF3N3O7S. The van der Waals surface area contributed by atoms with Crippen LogP contribution in [0, 0.1) is 0 Å². The van der Waals surface area contributed by atoms with Crippen LogP contribution in [0.5, 0.6) is 17.2 Å². The van der Waals surface area contributed by atoms with Crippen molar-refractivity contribution in [3.63, 3.8) is 0 Å². The van der Waals surface area contributed by atoms with Gasteiger partial charge >= 0.3 is 6.36 Å².